The van der Waals surface area contributed by atoms with Crippen molar-refractivity contribution in [3.8, 4) is 0 Å². The van der Waals surface area contributed by atoms with Crippen LogP contribution >= 0.6 is 0 Å². The first-order valence-electron chi connectivity index (χ1n) is 5.91. The van der Waals surface area contributed by atoms with Crippen molar-refractivity contribution in [2.45, 2.75) is 0 Å². The molecule has 0 saturated heterocycles. The van der Waals surface area contributed by atoms with Gasteiger partial charge in [0.05, 0.1) is 0 Å². The van der Waals surface area contributed by atoms with Gasteiger partial charge in [-0.05, 0) is 5.76 Å². The van der Waals surface area contributed by atoms with Crippen molar-refractivity contribution in [2.75, 3.05) is 0 Å². The number of allylic oxidation sites excluding steroid dienone is 2. The maximum absolute atomic E-state index is 11.9. The summed E-state index contributed by atoms with van der Waals surface area (Å²) >= 11 is 0. The smallest absolute Gasteiger partial charge is 0.226 e. The highest BCUT2D eigenvalue weighted by Gasteiger charge is 2.15. The van der Waals surface area contributed by atoms with E-state index in [4.69, 9.17) is 0 Å². The number of Topliss-reactive ketones (excluding diaryl/α,β-unsaturated/α-hetero) is 2. The maximum Gasteiger partial charge on any atom is 0.226 e. The molecule has 0 atom stereocenters. The lowest BCUT2D eigenvalue weighted by atomic mass is 10.0. The molecule has 0 amide bonds. The number of hydrogen-bond acceptors (Lipinski definition) is 4. The average molecular weight is 267 g/mol. The molecule has 0 aromatic heterocycles. The van der Waals surface area contributed by atoms with Crippen molar-refractivity contribution >= 4 is 11.6 Å². The second-order valence-electron chi connectivity index (χ2n) is 4.07. The molecule has 4 heteroatoms. The van der Waals surface area contributed by atoms with E-state index in [1.54, 1.807) is 36.4 Å². The van der Waals surface area contributed by atoms with Crippen molar-refractivity contribution < 1.29 is 19.8 Å². The molecule has 0 aliphatic rings. The summed E-state index contributed by atoms with van der Waals surface area (Å²) in [7, 11) is 0. The van der Waals surface area contributed by atoms with Crippen molar-refractivity contribution in [3.63, 3.8) is 0 Å². The fraction of sp³-hybridized carbons (Fsp3) is 0. The molecule has 0 heterocycles. The van der Waals surface area contributed by atoms with E-state index in [-0.39, 0.29) is 11.1 Å². The van der Waals surface area contributed by atoms with Crippen LogP contribution in [0, 0.1) is 0 Å². The number of carbonyl (C=O) groups excluding carboxylic acids is 2. The van der Waals surface area contributed by atoms with E-state index in [2.05, 4.69) is 0 Å². The van der Waals surface area contributed by atoms with Crippen LogP contribution < -0.4 is 5.11 Å². The SMILES string of the molecule is O=C(/C([O-])=C(\O)C(=O)c1ccccc1)c1ccccc1. The minimum Gasteiger partial charge on any atom is -0.867 e. The first-order chi connectivity index (χ1) is 9.61. The van der Waals surface area contributed by atoms with Crippen molar-refractivity contribution in [2.24, 2.45) is 0 Å². The molecule has 0 saturated carbocycles. The van der Waals surface area contributed by atoms with Crippen LogP contribution in [0.3, 0.4) is 0 Å². The molecule has 0 aliphatic carbocycles. The van der Waals surface area contributed by atoms with Crippen molar-refractivity contribution in [1.82, 2.24) is 0 Å². The summed E-state index contributed by atoms with van der Waals surface area (Å²) in [4.78, 5) is 23.7. The number of ketones is 2. The first kappa shape index (κ1) is 13.5. The first-order valence-corrected chi connectivity index (χ1v) is 5.91. The van der Waals surface area contributed by atoms with Gasteiger partial charge in [0.25, 0.3) is 0 Å². The summed E-state index contributed by atoms with van der Waals surface area (Å²) in [5, 5.41) is 21.5. The predicted octanol–water partition coefficient (Wildman–Crippen LogP) is 1.88. The molecule has 0 spiro atoms. The van der Waals surface area contributed by atoms with E-state index in [9.17, 15) is 19.8 Å². The highest BCUT2D eigenvalue weighted by molar-refractivity contribution is 6.15. The van der Waals surface area contributed by atoms with Crippen LogP contribution in [0.25, 0.3) is 0 Å². The van der Waals surface area contributed by atoms with Crippen molar-refractivity contribution in [3.05, 3.63) is 83.3 Å². The normalized spacial score (nSPS) is 11.6. The number of hydrogen-bond donors (Lipinski definition) is 1. The third-order valence-corrected chi connectivity index (χ3v) is 2.71. The number of aliphatic hydroxyl groups excluding tert-OH is 1. The zero-order valence-corrected chi connectivity index (χ0v) is 10.4. The Hall–Kier alpha value is -2.88. The maximum atomic E-state index is 11.9. The van der Waals surface area contributed by atoms with Crippen LogP contribution in [0.1, 0.15) is 20.7 Å². The summed E-state index contributed by atoms with van der Waals surface area (Å²) in [6.07, 6.45) is 0. The van der Waals surface area contributed by atoms with E-state index < -0.39 is 23.1 Å². The average Bonchev–Trinajstić information content (AvgIpc) is 2.53. The lowest BCUT2D eigenvalue weighted by Gasteiger charge is -2.13. The molecule has 0 unspecified atom stereocenters. The molecule has 1 N–H and O–H groups in total. The van der Waals surface area contributed by atoms with Gasteiger partial charge in [0.1, 0.15) is 0 Å². The Labute approximate surface area is 115 Å². The molecule has 100 valence electrons. The third-order valence-electron chi connectivity index (χ3n) is 2.71. The zero-order chi connectivity index (χ0) is 14.5. The summed E-state index contributed by atoms with van der Waals surface area (Å²) in [5.74, 6) is -4.04. The monoisotopic (exact) mass is 267 g/mol. The number of carbonyl (C=O) groups is 2. The molecular formula is C16H11O4-. The molecule has 2 aromatic rings. The molecule has 0 bridgehead atoms. The molecule has 20 heavy (non-hydrogen) atoms. The van der Waals surface area contributed by atoms with Crippen LogP contribution in [0.4, 0.5) is 0 Å². The topological polar surface area (TPSA) is 77.4 Å². The fourth-order valence-electron chi connectivity index (χ4n) is 1.66. The molecule has 0 radical (unpaired) electrons. The molecule has 0 fully saturated rings. The number of rotatable bonds is 4. The molecule has 2 rings (SSSR count). The van der Waals surface area contributed by atoms with Gasteiger partial charge in [-0.15, -0.1) is 0 Å². The van der Waals surface area contributed by atoms with Gasteiger partial charge in [0.2, 0.25) is 5.78 Å². The standard InChI is InChI=1S/C16H12O4/c17-13(11-7-3-1-4-8-11)15(19)16(20)14(18)12-9-5-2-6-10-12/h1-10,19-20H/p-1/b16-15+. The van der Waals surface area contributed by atoms with E-state index in [0.717, 1.165) is 0 Å². The van der Waals surface area contributed by atoms with Gasteiger partial charge < -0.3 is 10.2 Å². The Balaban J connectivity index is 2.32. The van der Waals surface area contributed by atoms with Crippen LogP contribution in [0.15, 0.2) is 72.2 Å². The highest BCUT2D eigenvalue weighted by Crippen LogP contribution is 2.11. The zero-order valence-electron chi connectivity index (χ0n) is 10.4. The molecular weight excluding hydrogens is 256 g/mol. The van der Waals surface area contributed by atoms with E-state index in [0.29, 0.717) is 0 Å². The van der Waals surface area contributed by atoms with Crippen LogP contribution in [0.5, 0.6) is 0 Å². The Morgan fingerprint density at radius 3 is 1.60 bits per heavy atom. The van der Waals surface area contributed by atoms with Gasteiger partial charge in [0, 0.05) is 11.1 Å². The summed E-state index contributed by atoms with van der Waals surface area (Å²) in [5.41, 5.74) is 0.282. The second-order valence-corrected chi connectivity index (χ2v) is 4.07. The van der Waals surface area contributed by atoms with E-state index in [1.165, 1.54) is 24.3 Å². The second kappa shape index (κ2) is 5.84. The Morgan fingerprint density at radius 2 is 1.15 bits per heavy atom. The van der Waals surface area contributed by atoms with Crippen LogP contribution in [0.2, 0.25) is 0 Å². The van der Waals surface area contributed by atoms with Crippen LogP contribution in [-0.2, 0) is 0 Å². The third kappa shape index (κ3) is 2.75. The lowest BCUT2D eigenvalue weighted by Crippen LogP contribution is -2.22. The number of aliphatic hydroxyl groups is 1. The van der Waals surface area contributed by atoms with Gasteiger partial charge >= 0.3 is 0 Å². The molecule has 0 aliphatic heterocycles. The van der Waals surface area contributed by atoms with Gasteiger partial charge in [0.15, 0.2) is 11.5 Å². The lowest BCUT2D eigenvalue weighted by molar-refractivity contribution is -0.296. The quantitative estimate of drug-likeness (QED) is 0.521. The van der Waals surface area contributed by atoms with Gasteiger partial charge in [-0.2, -0.15) is 0 Å². The van der Waals surface area contributed by atoms with Crippen LogP contribution in [-0.4, -0.2) is 16.7 Å². The minimum absolute atomic E-state index is 0.130. The van der Waals surface area contributed by atoms with Gasteiger partial charge in [-0.1, -0.05) is 60.7 Å². The fourth-order valence-corrected chi connectivity index (χ4v) is 1.66. The Bertz CT molecular complexity index is 598. The highest BCUT2D eigenvalue weighted by atomic mass is 16.3. The van der Waals surface area contributed by atoms with Gasteiger partial charge in [-0.25, -0.2) is 0 Å². The summed E-state index contributed by atoms with van der Waals surface area (Å²) < 4.78 is 0. The van der Waals surface area contributed by atoms with E-state index in [1.807, 2.05) is 0 Å². The molecule has 2 aromatic carbocycles. The Morgan fingerprint density at radius 1 is 0.750 bits per heavy atom. The minimum atomic E-state index is -1.20. The largest absolute Gasteiger partial charge is 0.867 e. The summed E-state index contributed by atoms with van der Waals surface area (Å²) in [6.45, 7) is 0. The van der Waals surface area contributed by atoms with E-state index >= 15 is 0 Å². The number of benzene rings is 2. The van der Waals surface area contributed by atoms with Gasteiger partial charge in [-0.3, -0.25) is 9.59 Å². The van der Waals surface area contributed by atoms with Crippen molar-refractivity contribution in [1.29, 1.82) is 0 Å². The Kier molecular flexibility index (Phi) is 3.96. The predicted molar refractivity (Wildman–Crippen MR) is 71.2 cm³/mol. The molecule has 4 nitrogen and oxygen atoms in total. The summed E-state index contributed by atoms with van der Waals surface area (Å²) in [6, 6.07) is 15.6.